The van der Waals surface area contributed by atoms with Crippen LogP contribution in [0.3, 0.4) is 0 Å². The molecule has 0 fully saturated rings. The molecule has 0 unspecified atom stereocenters. The van der Waals surface area contributed by atoms with Gasteiger partial charge in [0.2, 0.25) is 0 Å². The molecule has 1 aromatic carbocycles. The van der Waals surface area contributed by atoms with E-state index in [2.05, 4.69) is 39.0 Å². The maximum Gasteiger partial charge on any atom is 0.137 e. The van der Waals surface area contributed by atoms with E-state index in [1.165, 1.54) is 16.5 Å². The van der Waals surface area contributed by atoms with Gasteiger partial charge in [-0.3, -0.25) is 0 Å². The number of hydrogen-bond donors (Lipinski definition) is 1. The van der Waals surface area contributed by atoms with Crippen LogP contribution in [-0.4, -0.2) is 6.54 Å². The van der Waals surface area contributed by atoms with E-state index >= 15 is 0 Å². The molecule has 0 saturated carbocycles. The van der Waals surface area contributed by atoms with Gasteiger partial charge in [-0.1, -0.05) is 26.0 Å². The molecule has 86 valence electrons. The van der Waals surface area contributed by atoms with E-state index in [4.69, 9.17) is 10.2 Å². The Hall–Kier alpha value is -1.28. The second kappa shape index (κ2) is 4.30. The molecule has 0 bridgehead atoms. The Labute approximate surface area is 96.4 Å². The van der Waals surface area contributed by atoms with Crippen molar-refractivity contribution in [3.63, 3.8) is 0 Å². The molecular formula is C14H19NO. The molecule has 2 heteroatoms. The summed E-state index contributed by atoms with van der Waals surface area (Å²) in [6.45, 7) is 7.13. The number of benzene rings is 1. The van der Waals surface area contributed by atoms with E-state index in [-0.39, 0.29) is 0 Å². The van der Waals surface area contributed by atoms with E-state index in [0.29, 0.717) is 12.5 Å². The zero-order chi connectivity index (χ0) is 11.7. The van der Waals surface area contributed by atoms with Crippen molar-refractivity contribution in [1.82, 2.24) is 0 Å². The molecule has 2 N–H and O–H groups in total. The van der Waals surface area contributed by atoms with Gasteiger partial charge >= 0.3 is 0 Å². The molecule has 2 aromatic rings. The number of hydrogen-bond acceptors (Lipinski definition) is 2. The molecule has 1 heterocycles. The van der Waals surface area contributed by atoms with Gasteiger partial charge in [0.25, 0.3) is 0 Å². The Bertz CT molecular complexity index is 497. The number of rotatable bonds is 3. The molecule has 2 nitrogen and oxygen atoms in total. The second-order valence-corrected chi connectivity index (χ2v) is 4.62. The lowest BCUT2D eigenvalue weighted by Gasteiger charge is -2.06. The van der Waals surface area contributed by atoms with Crippen LogP contribution in [0.2, 0.25) is 0 Å². The highest BCUT2D eigenvalue weighted by Crippen LogP contribution is 2.30. The molecule has 1 aromatic heterocycles. The van der Waals surface area contributed by atoms with Crippen LogP contribution in [0.4, 0.5) is 0 Å². The van der Waals surface area contributed by atoms with Crippen molar-refractivity contribution in [2.45, 2.75) is 33.1 Å². The minimum atomic E-state index is 0.486. The van der Waals surface area contributed by atoms with Gasteiger partial charge in [-0.05, 0) is 36.6 Å². The van der Waals surface area contributed by atoms with Crippen LogP contribution in [0.15, 0.2) is 22.6 Å². The summed E-state index contributed by atoms with van der Waals surface area (Å²) >= 11 is 0. The first-order valence-corrected chi connectivity index (χ1v) is 5.85. The Morgan fingerprint density at radius 3 is 2.69 bits per heavy atom. The van der Waals surface area contributed by atoms with Crippen LogP contribution < -0.4 is 5.73 Å². The van der Waals surface area contributed by atoms with Crippen molar-refractivity contribution in [2.75, 3.05) is 6.54 Å². The summed E-state index contributed by atoms with van der Waals surface area (Å²) in [7, 11) is 0. The summed E-state index contributed by atoms with van der Waals surface area (Å²) < 4.78 is 5.90. The lowest BCUT2D eigenvalue weighted by molar-refractivity contribution is 0.545. The van der Waals surface area contributed by atoms with Gasteiger partial charge < -0.3 is 10.2 Å². The SMILES string of the molecule is Cc1ccc(C(C)C)c2oc(CCN)cc12. The highest BCUT2D eigenvalue weighted by Gasteiger charge is 2.12. The van der Waals surface area contributed by atoms with Crippen molar-refractivity contribution >= 4 is 11.0 Å². The Morgan fingerprint density at radius 1 is 1.31 bits per heavy atom. The fourth-order valence-electron chi connectivity index (χ4n) is 2.05. The maximum atomic E-state index is 5.90. The number of fused-ring (bicyclic) bond motifs is 1. The smallest absolute Gasteiger partial charge is 0.137 e. The highest BCUT2D eigenvalue weighted by atomic mass is 16.3. The molecule has 0 atom stereocenters. The van der Waals surface area contributed by atoms with Crippen molar-refractivity contribution < 1.29 is 4.42 Å². The average molecular weight is 217 g/mol. The van der Waals surface area contributed by atoms with Crippen LogP contribution in [0.25, 0.3) is 11.0 Å². The van der Waals surface area contributed by atoms with Crippen LogP contribution >= 0.6 is 0 Å². The van der Waals surface area contributed by atoms with Crippen LogP contribution in [0, 0.1) is 6.92 Å². The molecule has 0 aliphatic heterocycles. The number of furan rings is 1. The summed E-state index contributed by atoms with van der Waals surface area (Å²) in [5, 5.41) is 1.23. The zero-order valence-corrected chi connectivity index (χ0v) is 10.2. The summed E-state index contributed by atoms with van der Waals surface area (Å²) in [5.41, 5.74) is 9.15. The Kier molecular flexibility index (Phi) is 3.01. The summed E-state index contributed by atoms with van der Waals surface area (Å²) in [5.74, 6) is 1.48. The normalized spacial score (nSPS) is 11.6. The van der Waals surface area contributed by atoms with E-state index in [1.807, 2.05) is 0 Å². The van der Waals surface area contributed by atoms with E-state index in [9.17, 15) is 0 Å². The second-order valence-electron chi connectivity index (χ2n) is 4.62. The molecule has 0 spiro atoms. The van der Waals surface area contributed by atoms with Crippen molar-refractivity contribution in [2.24, 2.45) is 5.73 Å². The summed E-state index contributed by atoms with van der Waals surface area (Å²) in [6.07, 6.45) is 0.811. The first-order chi connectivity index (χ1) is 7.63. The van der Waals surface area contributed by atoms with Crippen LogP contribution in [-0.2, 0) is 6.42 Å². The minimum Gasteiger partial charge on any atom is -0.461 e. The van der Waals surface area contributed by atoms with E-state index in [0.717, 1.165) is 17.8 Å². The highest BCUT2D eigenvalue weighted by molar-refractivity contribution is 5.84. The average Bonchev–Trinajstić information content (AvgIpc) is 2.62. The number of aryl methyl sites for hydroxylation is 1. The van der Waals surface area contributed by atoms with Crippen LogP contribution in [0.5, 0.6) is 0 Å². The topological polar surface area (TPSA) is 39.2 Å². The third-order valence-electron chi connectivity index (χ3n) is 3.00. The lowest BCUT2D eigenvalue weighted by Crippen LogP contribution is -2.01. The van der Waals surface area contributed by atoms with Gasteiger partial charge in [0.1, 0.15) is 11.3 Å². The molecule has 0 amide bonds. The summed E-state index contributed by atoms with van der Waals surface area (Å²) in [6, 6.07) is 6.46. The maximum absolute atomic E-state index is 5.90. The molecule has 2 rings (SSSR count). The standard InChI is InChI=1S/C14H19NO/c1-9(2)12-5-4-10(3)13-8-11(6-7-15)16-14(12)13/h4-5,8-9H,6-7,15H2,1-3H3. The van der Waals surface area contributed by atoms with Crippen molar-refractivity contribution in [1.29, 1.82) is 0 Å². The quantitative estimate of drug-likeness (QED) is 0.856. The molecular weight excluding hydrogens is 198 g/mol. The molecule has 16 heavy (non-hydrogen) atoms. The molecule has 0 aliphatic rings. The lowest BCUT2D eigenvalue weighted by atomic mass is 9.99. The third-order valence-corrected chi connectivity index (χ3v) is 3.00. The zero-order valence-electron chi connectivity index (χ0n) is 10.2. The first kappa shape index (κ1) is 11.2. The monoisotopic (exact) mass is 217 g/mol. The fourth-order valence-corrected chi connectivity index (χ4v) is 2.05. The Morgan fingerprint density at radius 2 is 2.06 bits per heavy atom. The molecule has 0 aliphatic carbocycles. The largest absolute Gasteiger partial charge is 0.461 e. The van der Waals surface area contributed by atoms with Crippen LogP contribution in [0.1, 0.15) is 36.7 Å². The van der Waals surface area contributed by atoms with Gasteiger partial charge in [-0.2, -0.15) is 0 Å². The van der Waals surface area contributed by atoms with Gasteiger partial charge in [0.05, 0.1) is 0 Å². The fraction of sp³-hybridized carbons (Fsp3) is 0.429. The van der Waals surface area contributed by atoms with E-state index in [1.54, 1.807) is 0 Å². The van der Waals surface area contributed by atoms with Crippen molar-refractivity contribution in [3.8, 4) is 0 Å². The predicted molar refractivity (Wildman–Crippen MR) is 67.8 cm³/mol. The first-order valence-electron chi connectivity index (χ1n) is 5.85. The third kappa shape index (κ3) is 1.85. The van der Waals surface area contributed by atoms with Gasteiger partial charge in [-0.25, -0.2) is 0 Å². The molecule has 0 saturated heterocycles. The van der Waals surface area contributed by atoms with E-state index < -0.39 is 0 Å². The van der Waals surface area contributed by atoms with Gasteiger partial charge in [0.15, 0.2) is 0 Å². The van der Waals surface area contributed by atoms with Crippen molar-refractivity contribution in [3.05, 3.63) is 35.1 Å². The predicted octanol–water partition coefficient (Wildman–Crippen LogP) is 3.37. The summed E-state index contributed by atoms with van der Waals surface area (Å²) in [4.78, 5) is 0. The van der Waals surface area contributed by atoms with Gasteiger partial charge in [-0.15, -0.1) is 0 Å². The van der Waals surface area contributed by atoms with Gasteiger partial charge in [0, 0.05) is 11.8 Å². The number of nitrogens with two attached hydrogens (primary N) is 1. The minimum absolute atomic E-state index is 0.486. The molecule has 0 radical (unpaired) electrons. The Balaban J connectivity index is 2.63.